The molecule has 0 aromatic heterocycles. The van der Waals surface area contributed by atoms with Crippen molar-refractivity contribution in [2.24, 2.45) is 0 Å². The van der Waals surface area contributed by atoms with Gasteiger partial charge >= 0.3 is 0 Å². The number of rotatable bonds is 8. The molecule has 2 aromatic rings. The topological polar surface area (TPSA) is 38.3 Å². The van der Waals surface area contributed by atoms with Gasteiger partial charge in [-0.1, -0.05) is 58.0 Å². The minimum absolute atomic E-state index is 0.0177. The van der Waals surface area contributed by atoms with E-state index in [1.54, 1.807) is 0 Å². The summed E-state index contributed by atoms with van der Waals surface area (Å²) < 4.78 is 5.64. The highest BCUT2D eigenvalue weighted by Crippen LogP contribution is 2.23. The summed E-state index contributed by atoms with van der Waals surface area (Å²) in [7, 11) is 0. The molecule has 0 fully saturated rings. The van der Waals surface area contributed by atoms with Gasteiger partial charge in [0.1, 0.15) is 5.75 Å². The molecular formula is C22H29NO2. The van der Waals surface area contributed by atoms with Gasteiger partial charge in [-0.25, -0.2) is 0 Å². The summed E-state index contributed by atoms with van der Waals surface area (Å²) >= 11 is 0. The van der Waals surface area contributed by atoms with Crippen molar-refractivity contribution in [3.63, 3.8) is 0 Å². The van der Waals surface area contributed by atoms with E-state index in [1.807, 2.05) is 18.2 Å². The van der Waals surface area contributed by atoms with E-state index in [9.17, 15) is 4.79 Å². The molecule has 0 spiro atoms. The van der Waals surface area contributed by atoms with Gasteiger partial charge in [0, 0.05) is 5.69 Å². The molecule has 25 heavy (non-hydrogen) atoms. The Morgan fingerprint density at radius 2 is 1.60 bits per heavy atom. The molecule has 3 nitrogen and oxygen atoms in total. The lowest BCUT2D eigenvalue weighted by Crippen LogP contribution is -2.21. The number of benzene rings is 2. The van der Waals surface area contributed by atoms with E-state index in [1.165, 1.54) is 5.56 Å². The van der Waals surface area contributed by atoms with Crippen LogP contribution in [-0.2, 0) is 17.6 Å². The summed E-state index contributed by atoms with van der Waals surface area (Å²) in [5.41, 5.74) is 4.55. The first-order valence-corrected chi connectivity index (χ1v) is 9.22. The van der Waals surface area contributed by atoms with Crippen LogP contribution in [0.15, 0.2) is 42.5 Å². The van der Waals surface area contributed by atoms with E-state index < -0.39 is 0 Å². The van der Waals surface area contributed by atoms with Gasteiger partial charge in [-0.2, -0.15) is 0 Å². The molecule has 0 aliphatic carbocycles. The largest absolute Gasteiger partial charge is 0.484 e. The SMILES string of the molecule is CCc1cccc(CC)c1NC(=O)COc1ccc([C@@H](C)CC)cc1. The van der Waals surface area contributed by atoms with Crippen molar-refractivity contribution in [3.05, 3.63) is 59.2 Å². The molecule has 1 amide bonds. The lowest BCUT2D eigenvalue weighted by molar-refractivity contribution is -0.118. The number of carbonyl (C=O) groups is 1. The minimum Gasteiger partial charge on any atom is -0.484 e. The first-order chi connectivity index (χ1) is 12.1. The molecule has 1 atom stereocenters. The summed E-state index contributed by atoms with van der Waals surface area (Å²) in [5, 5.41) is 3.03. The van der Waals surface area contributed by atoms with Gasteiger partial charge in [0.2, 0.25) is 0 Å². The van der Waals surface area contributed by atoms with Crippen molar-refractivity contribution in [3.8, 4) is 5.75 Å². The number of anilines is 1. The fourth-order valence-electron chi connectivity index (χ4n) is 2.86. The number of hydrogen-bond acceptors (Lipinski definition) is 2. The number of hydrogen-bond donors (Lipinski definition) is 1. The Labute approximate surface area is 151 Å². The summed E-state index contributed by atoms with van der Waals surface area (Å²) in [6.07, 6.45) is 2.89. The Bertz CT molecular complexity index is 669. The highest BCUT2D eigenvalue weighted by molar-refractivity contribution is 5.93. The number of carbonyl (C=O) groups excluding carboxylic acids is 1. The van der Waals surface area contributed by atoms with Gasteiger partial charge < -0.3 is 10.1 Å². The van der Waals surface area contributed by atoms with Gasteiger partial charge in [-0.05, 0) is 54.0 Å². The summed E-state index contributed by atoms with van der Waals surface area (Å²) in [6.45, 7) is 8.60. The maximum absolute atomic E-state index is 12.3. The van der Waals surface area contributed by atoms with Gasteiger partial charge in [0.15, 0.2) is 6.61 Å². The van der Waals surface area contributed by atoms with Crippen LogP contribution in [0.2, 0.25) is 0 Å². The van der Waals surface area contributed by atoms with Gasteiger partial charge in [-0.3, -0.25) is 4.79 Å². The molecule has 0 unspecified atom stereocenters. The predicted octanol–water partition coefficient (Wildman–Crippen LogP) is 5.34. The van der Waals surface area contributed by atoms with Crippen molar-refractivity contribution in [2.45, 2.75) is 52.9 Å². The van der Waals surface area contributed by atoms with E-state index in [4.69, 9.17) is 4.74 Å². The number of amides is 1. The first-order valence-electron chi connectivity index (χ1n) is 9.22. The zero-order valence-corrected chi connectivity index (χ0v) is 15.8. The average Bonchev–Trinajstić information content (AvgIpc) is 2.66. The monoisotopic (exact) mass is 339 g/mol. The van der Waals surface area contributed by atoms with Gasteiger partial charge in [0.25, 0.3) is 5.91 Å². The van der Waals surface area contributed by atoms with Crippen LogP contribution in [0, 0.1) is 0 Å². The molecule has 0 bridgehead atoms. The van der Waals surface area contributed by atoms with E-state index in [0.717, 1.165) is 41.8 Å². The van der Waals surface area contributed by atoms with Crippen LogP contribution in [0.3, 0.4) is 0 Å². The maximum Gasteiger partial charge on any atom is 0.262 e. The second-order valence-electron chi connectivity index (χ2n) is 6.37. The normalized spacial score (nSPS) is 11.8. The van der Waals surface area contributed by atoms with Crippen molar-refractivity contribution < 1.29 is 9.53 Å². The standard InChI is InChI=1S/C22H29NO2/c1-5-16(4)19-11-13-20(14-12-19)25-15-21(24)23-22-17(6-2)9-8-10-18(22)7-3/h8-14,16H,5-7,15H2,1-4H3,(H,23,24)/t16-/m0/s1. The third-order valence-electron chi connectivity index (χ3n) is 4.69. The zero-order valence-electron chi connectivity index (χ0n) is 15.8. The number of para-hydroxylation sites is 1. The Balaban J connectivity index is 1.97. The molecule has 0 aliphatic rings. The number of nitrogens with one attached hydrogen (secondary N) is 1. The van der Waals surface area contributed by atoms with Crippen LogP contribution >= 0.6 is 0 Å². The molecule has 1 N–H and O–H groups in total. The molecular weight excluding hydrogens is 310 g/mol. The third-order valence-corrected chi connectivity index (χ3v) is 4.69. The molecule has 0 heterocycles. The van der Waals surface area contributed by atoms with E-state index in [-0.39, 0.29) is 12.5 Å². The number of ether oxygens (including phenoxy) is 1. The van der Waals surface area contributed by atoms with Crippen molar-refractivity contribution in [2.75, 3.05) is 11.9 Å². The van der Waals surface area contributed by atoms with Crippen LogP contribution in [0.25, 0.3) is 0 Å². The highest BCUT2D eigenvalue weighted by atomic mass is 16.5. The van der Waals surface area contributed by atoms with Gasteiger partial charge in [0.05, 0.1) is 0 Å². The highest BCUT2D eigenvalue weighted by Gasteiger charge is 2.11. The minimum atomic E-state index is -0.124. The molecule has 0 saturated carbocycles. The summed E-state index contributed by atoms with van der Waals surface area (Å²) in [4.78, 5) is 12.3. The molecule has 134 valence electrons. The smallest absolute Gasteiger partial charge is 0.262 e. The quantitative estimate of drug-likeness (QED) is 0.705. The van der Waals surface area contributed by atoms with Crippen molar-refractivity contribution in [1.82, 2.24) is 0 Å². The summed E-state index contributed by atoms with van der Waals surface area (Å²) in [5.74, 6) is 1.14. The third kappa shape index (κ3) is 5.09. The van der Waals surface area contributed by atoms with Crippen LogP contribution in [0.5, 0.6) is 5.75 Å². The number of aryl methyl sites for hydroxylation is 2. The summed E-state index contributed by atoms with van der Waals surface area (Å²) in [6, 6.07) is 14.2. The van der Waals surface area contributed by atoms with Gasteiger partial charge in [-0.15, -0.1) is 0 Å². The van der Waals surface area contributed by atoms with E-state index in [2.05, 4.69) is 57.3 Å². The van der Waals surface area contributed by atoms with E-state index >= 15 is 0 Å². The second-order valence-corrected chi connectivity index (χ2v) is 6.37. The van der Waals surface area contributed by atoms with Crippen LogP contribution in [0.1, 0.15) is 56.7 Å². The Morgan fingerprint density at radius 3 is 2.12 bits per heavy atom. The van der Waals surface area contributed by atoms with Crippen LogP contribution < -0.4 is 10.1 Å². The van der Waals surface area contributed by atoms with Crippen LogP contribution in [0.4, 0.5) is 5.69 Å². The average molecular weight is 339 g/mol. The Morgan fingerprint density at radius 1 is 1.00 bits per heavy atom. The van der Waals surface area contributed by atoms with E-state index in [0.29, 0.717) is 5.92 Å². The fraction of sp³-hybridized carbons (Fsp3) is 0.409. The second kappa shape index (κ2) is 9.26. The van der Waals surface area contributed by atoms with Crippen molar-refractivity contribution in [1.29, 1.82) is 0 Å². The van der Waals surface area contributed by atoms with Crippen molar-refractivity contribution >= 4 is 11.6 Å². The Kier molecular flexibility index (Phi) is 7.05. The fourth-order valence-corrected chi connectivity index (χ4v) is 2.86. The lowest BCUT2D eigenvalue weighted by Gasteiger charge is -2.15. The maximum atomic E-state index is 12.3. The van der Waals surface area contributed by atoms with Crippen LogP contribution in [-0.4, -0.2) is 12.5 Å². The molecule has 0 aliphatic heterocycles. The molecule has 0 saturated heterocycles. The molecule has 3 heteroatoms. The first kappa shape index (κ1) is 19.0. The molecule has 2 rings (SSSR count). The molecule has 2 aromatic carbocycles. The molecule has 0 radical (unpaired) electrons. The zero-order chi connectivity index (χ0) is 18.2. The lowest BCUT2D eigenvalue weighted by atomic mass is 9.99. The Hall–Kier alpha value is -2.29. The predicted molar refractivity (Wildman–Crippen MR) is 104 cm³/mol.